The maximum atomic E-state index is 4.43. The molecule has 0 radical (unpaired) electrons. The minimum absolute atomic E-state index is 0.867. The van der Waals surface area contributed by atoms with Crippen molar-refractivity contribution >= 4 is 5.96 Å². The second kappa shape index (κ2) is 4.20. The van der Waals surface area contributed by atoms with Gasteiger partial charge in [-0.2, -0.15) is 0 Å². The van der Waals surface area contributed by atoms with E-state index in [-0.39, 0.29) is 0 Å². The van der Waals surface area contributed by atoms with Crippen molar-refractivity contribution in [2.75, 3.05) is 26.7 Å². The Morgan fingerprint density at radius 3 is 2.93 bits per heavy atom. The molecule has 2 rings (SSSR count). The van der Waals surface area contributed by atoms with Gasteiger partial charge in [0.2, 0.25) is 0 Å². The first-order valence-electron chi connectivity index (χ1n) is 5.77. The third kappa shape index (κ3) is 2.02. The molecule has 2 aliphatic rings. The van der Waals surface area contributed by atoms with Crippen LogP contribution >= 0.6 is 0 Å². The van der Waals surface area contributed by atoms with Crippen LogP contribution in [-0.4, -0.2) is 37.5 Å². The monoisotopic (exact) mass is 195 g/mol. The molecule has 2 unspecified atom stereocenters. The zero-order valence-corrected chi connectivity index (χ0v) is 9.29. The highest BCUT2D eigenvalue weighted by molar-refractivity contribution is 5.81. The molecule has 1 saturated carbocycles. The van der Waals surface area contributed by atoms with Crippen molar-refractivity contribution in [3.05, 3.63) is 0 Å². The van der Waals surface area contributed by atoms with Gasteiger partial charge in [-0.05, 0) is 18.3 Å². The molecule has 0 aromatic heterocycles. The zero-order chi connectivity index (χ0) is 9.97. The van der Waals surface area contributed by atoms with Crippen LogP contribution in [0.1, 0.15) is 26.2 Å². The van der Waals surface area contributed by atoms with E-state index in [1.54, 1.807) is 0 Å². The number of guanidine groups is 1. The first kappa shape index (κ1) is 9.81. The zero-order valence-electron chi connectivity index (χ0n) is 9.29. The minimum atomic E-state index is 0.867. The molecule has 1 heterocycles. The summed E-state index contributed by atoms with van der Waals surface area (Å²) in [5, 5.41) is 3.48. The van der Waals surface area contributed by atoms with Crippen LogP contribution in [-0.2, 0) is 0 Å². The predicted octanol–water partition coefficient (Wildman–Crippen LogP) is 1.31. The van der Waals surface area contributed by atoms with Crippen LogP contribution in [0.2, 0.25) is 0 Å². The lowest BCUT2D eigenvalue weighted by molar-refractivity contribution is 0.407. The number of likely N-dealkylation sites (N-methyl/N-ethyl adjacent to an activating group) is 1. The summed E-state index contributed by atoms with van der Waals surface area (Å²) in [6, 6.07) is 0. The summed E-state index contributed by atoms with van der Waals surface area (Å²) >= 11 is 0. The first-order chi connectivity index (χ1) is 6.77. The van der Waals surface area contributed by atoms with E-state index in [0.717, 1.165) is 37.4 Å². The Labute approximate surface area is 86.6 Å². The third-order valence-corrected chi connectivity index (χ3v) is 3.62. The quantitative estimate of drug-likeness (QED) is 0.719. The molecule has 0 aromatic carbocycles. The van der Waals surface area contributed by atoms with Crippen molar-refractivity contribution in [1.29, 1.82) is 0 Å². The van der Waals surface area contributed by atoms with Crippen LogP contribution in [0.25, 0.3) is 0 Å². The lowest BCUT2D eigenvalue weighted by Gasteiger charge is -2.20. The summed E-state index contributed by atoms with van der Waals surface area (Å²) in [5.41, 5.74) is 0. The van der Waals surface area contributed by atoms with Gasteiger partial charge in [0.25, 0.3) is 0 Å². The summed E-state index contributed by atoms with van der Waals surface area (Å²) in [5.74, 6) is 2.87. The van der Waals surface area contributed by atoms with Crippen LogP contribution in [0, 0.1) is 11.8 Å². The fourth-order valence-electron chi connectivity index (χ4n) is 2.47. The Morgan fingerprint density at radius 2 is 2.36 bits per heavy atom. The van der Waals surface area contributed by atoms with Gasteiger partial charge >= 0.3 is 0 Å². The third-order valence-electron chi connectivity index (χ3n) is 3.62. The SMILES string of the molecule is CC1CCCC1CNC1=NCCN1C. The summed E-state index contributed by atoms with van der Waals surface area (Å²) < 4.78 is 0. The van der Waals surface area contributed by atoms with Gasteiger partial charge in [-0.15, -0.1) is 0 Å². The van der Waals surface area contributed by atoms with Crippen molar-refractivity contribution < 1.29 is 0 Å². The van der Waals surface area contributed by atoms with Gasteiger partial charge in [0, 0.05) is 20.1 Å². The van der Waals surface area contributed by atoms with Gasteiger partial charge in [-0.25, -0.2) is 0 Å². The van der Waals surface area contributed by atoms with Crippen LogP contribution in [0.15, 0.2) is 4.99 Å². The normalized spacial score (nSPS) is 32.1. The van der Waals surface area contributed by atoms with E-state index in [1.165, 1.54) is 19.3 Å². The first-order valence-corrected chi connectivity index (χ1v) is 5.77. The number of nitrogens with one attached hydrogen (secondary N) is 1. The predicted molar refractivity (Wildman–Crippen MR) is 59.4 cm³/mol. The molecule has 3 nitrogen and oxygen atoms in total. The Hall–Kier alpha value is -0.730. The van der Waals surface area contributed by atoms with Crippen molar-refractivity contribution in [2.24, 2.45) is 16.8 Å². The van der Waals surface area contributed by atoms with E-state index >= 15 is 0 Å². The Kier molecular flexibility index (Phi) is 2.94. The average molecular weight is 195 g/mol. The van der Waals surface area contributed by atoms with Crippen molar-refractivity contribution in [2.45, 2.75) is 26.2 Å². The molecule has 0 amide bonds. The van der Waals surface area contributed by atoms with Gasteiger partial charge in [0.15, 0.2) is 5.96 Å². The fourth-order valence-corrected chi connectivity index (χ4v) is 2.47. The maximum absolute atomic E-state index is 4.43. The van der Waals surface area contributed by atoms with Crippen molar-refractivity contribution in [3.8, 4) is 0 Å². The lowest BCUT2D eigenvalue weighted by Crippen LogP contribution is -2.38. The van der Waals surface area contributed by atoms with Gasteiger partial charge in [0.1, 0.15) is 0 Å². The molecular formula is C11H21N3. The highest BCUT2D eigenvalue weighted by atomic mass is 15.3. The molecule has 3 heteroatoms. The standard InChI is InChI=1S/C11H21N3/c1-9-4-3-5-10(9)8-13-11-12-6-7-14(11)2/h9-10H,3-8H2,1-2H3,(H,12,13). The summed E-state index contributed by atoms with van der Waals surface area (Å²) in [6.45, 7) is 5.52. The lowest BCUT2D eigenvalue weighted by atomic mass is 9.98. The van der Waals surface area contributed by atoms with Crippen molar-refractivity contribution in [1.82, 2.24) is 10.2 Å². The molecule has 0 saturated heterocycles. The summed E-state index contributed by atoms with van der Waals surface area (Å²) in [6.07, 6.45) is 4.22. The molecule has 0 bridgehead atoms. The van der Waals surface area contributed by atoms with E-state index in [0.29, 0.717) is 0 Å². The molecular weight excluding hydrogens is 174 g/mol. The molecule has 0 spiro atoms. The number of rotatable bonds is 2. The van der Waals surface area contributed by atoms with Gasteiger partial charge < -0.3 is 10.2 Å². The molecule has 14 heavy (non-hydrogen) atoms. The molecule has 1 N–H and O–H groups in total. The van der Waals surface area contributed by atoms with E-state index < -0.39 is 0 Å². The molecule has 1 aliphatic heterocycles. The fraction of sp³-hybridized carbons (Fsp3) is 0.909. The number of aliphatic imine (C=N–C) groups is 1. The largest absolute Gasteiger partial charge is 0.356 e. The Balaban J connectivity index is 1.76. The van der Waals surface area contributed by atoms with Crippen LogP contribution in [0.3, 0.4) is 0 Å². The minimum Gasteiger partial charge on any atom is -0.356 e. The summed E-state index contributed by atoms with van der Waals surface area (Å²) in [4.78, 5) is 6.64. The van der Waals surface area contributed by atoms with E-state index in [1.807, 2.05) is 0 Å². The number of nitrogens with zero attached hydrogens (tertiary/aromatic N) is 2. The van der Waals surface area contributed by atoms with Crippen LogP contribution in [0.4, 0.5) is 0 Å². The van der Waals surface area contributed by atoms with Crippen molar-refractivity contribution in [3.63, 3.8) is 0 Å². The number of hydrogen-bond acceptors (Lipinski definition) is 3. The van der Waals surface area contributed by atoms with E-state index in [2.05, 4.69) is 29.2 Å². The molecule has 1 aliphatic carbocycles. The highest BCUT2D eigenvalue weighted by Crippen LogP contribution is 2.30. The molecule has 0 aromatic rings. The second-order valence-electron chi connectivity index (χ2n) is 4.68. The number of hydrogen-bond donors (Lipinski definition) is 1. The maximum Gasteiger partial charge on any atom is 0.193 e. The van der Waals surface area contributed by atoms with E-state index in [4.69, 9.17) is 0 Å². The molecule has 80 valence electrons. The second-order valence-corrected chi connectivity index (χ2v) is 4.68. The molecule has 2 atom stereocenters. The highest BCUT2D eigenvalue weighted by Gasteiger charge is 2.24. The van der Waals surface area contributed by atoms with Gasteiger partial charge in [-0.1, -0.05) is 19.8 Å². The Morgan fingerprint density at radius 1 is 1.50 bits per heavy atom. The van der Waals surface area contributed by atoms with E-state index in [9.17, 15) is 0 Å². The Bertz CT molecular complexity index is 225. The smallest absolute Gasteiger partial charge is 0.193 e. The summed E-state index contributed by atoms with van der Waals surface area (Å²) in [7, 11) is 2.11. The van der Waals surface area contributed by atoms with Gasteiger partial charge in [0.05, 0.1) is 6.54 Å². The topological polar surface area (TPSA) is 27.6 Å². The average Bonchev–Trinajstić information content (AvgIpc) is 2.72. The van der Waals surface area contributed by atoms with Crippen LogP contribution in [0.5, 0.6) is 0 Å². The van der Waals surface area contributed by atoms with Crippen LogP contribution < -0.4 is 5.32 Å². The van der Waals surface area contributed by atoms with Gasteiger partial charge in [-0.3, -0.25) is 4.99 Å². The molecule has 1 fully saturated rings.